The third-order valence-electron chi connectivity index (χ3n) is 3.87. The Kier molecular flexibility index (Phi) is 3.55. The molecule has 0 radical (unpaired) electrons. The fraction of sp³-hybridized carbons (Fsp3) is 0.500. The van der Waals surface area contributed by atoms with Gasteiger partial charge in [0, 0.05) is 24.7 Å². The summed E-state index contributed by atoms with van der Waals surface area (Å²) < 4.78 is 5.42. The van der Waals surface area contributed by atoms with Gasteiger partial charge in [-0.15, -0.1) is 0 Å². The zero-order valence-electron chi connectivity index (χ0n) is 10.8. The van der Waals surface area contributed by atoms with E-state index in [1.54, 1.807) is 12.4 Å². The van der Waals surface area contributed by atoms with E-state index in [1.165, 1.54) is 12.8 Å². The SMILES string of the molecule is NCC1CCCC1c1nc(Cc2ccncc2)no1. The smallest absolute Gasteiger partial charge is 0.230 e. The summed E-state index contributed by atoms with van der Waals surface area (Å²) in [7, 11) is 0. The van der Waals surface area contributed by atoms with Gasteiger partial charge in [-0.25, -0.2) is 0 Å². The third-order valence-corrected chi connectivity index (χ3v) is 3.87. The molecule has 2 atom stereocenters. The van der Waals surface area contributed by atoms with Crippen molar-refractivity contribution in [3.63, 3.8) is 0 Å². The van der Waals surface area contributed by atoms with Crippen LogP contribution in [-0.4, -0.2) is 21.7 Å². The molecule has 5 heteroatoms. The van der Waals surface area contributed by atoms with Gasteiger partial charge in [-0.1, -0.05) is 11.6 Å². The largest absolute Gasteiger partial charge is 0.339 e. The number of pyridine rings is 1. The normalized spacial score (nSPS) is 22.8. The Bertz CT molecular complexity index is 525. The molecule has 1 aliphatic rings. The number of hydrogen-bond acceptors (Lipinski definition) is 5. The van der Waals surface area contributed by atoms with Crippen LogP contribution in [0.5, 0.6) is 0 Å². The summed E-state index contributed by atoms with van der Waals surface area (Å²) in [5, 5.41) is 4.08. The lowest BCUT2D eigenvalue weighted by molar-refractivity contribution is 0.323. The van der Waals surface area contributed by atoms with Crippen LogP contribution >= 0.6 is 0 Å². The van der Waals surface area contributed by atoms with Crippen LogP contribution in [0.3, 0.4) is 0 Å². The minimum atomic E-state index is 0.351. The van der Waals surface area contributed by atoms with Crippen molar-refractivity contribution in [3.05, 3.63) is 41.8 Å². The Hall–Kier alpha value is -1.75. The molecular weight excluding hydrogens is 240 g/mol. The van der Waals surface area contributed by atoms with Crippen LogP contribution in [-0.2, 0) is 6.42 Å². The molecule has 0 amide bonds. The molecule has 2 unspecified atom stereocenters. The molecule has 0 spiro atoms. The van der Waals surface area contributed by atoms with Crippen molar-refractivity contribution in [3.8, 4) is 0 Å². The van der Waals surface area contributed by atoms with Crippen LogP contribution in [0.15, 0.2) is 29.0 Å². The topological polar surface area (TPSA) is 77.8 Å². The molecule has 3 rings (SSSR count). The molecule has 0 saturated heterocycles. The van der Waals surface area contributed by atoms with E-state index in [0.717, 1.165) is 23.7 Å². The van der Waals surface area contributed by atoms with E-state index >= 15 is 0 Å². The molecule has 2 aromatic heterocycles. The second-order valence-electron chi connectivity index (χ2n) is 5.11. The average Bonchev–Trinajstić information content (AvgIpc) is 3.07. The van der Waals surface area contributed by atoms with E-state index in [0.29, 0.717) is 24.8 Å². The molecule has 1 fully saturated rings. The van der Waals surface area contributed by atoms with Gasteiger partial charge in [0.15, 0.2) is 5.82 Å². The molecule has 0 aromatic carbocycles. The van der Waals surface area contributed by atoms with E-state index in [-0.39, 0.29) is 0 Å². The van der Waals surface area contributed by atoms with Crippen molar-refractivity contribution in [2.75, 3.05) is 6.54 Å². The molecule has 5 nitrogen and oxygen atoms in total. The fourth-order valence-corrected chi connectivity index (χ4v) is 2.82. The van der Waals surface area contributed by atoms with Gasteiger partial charge in [-0.2, -0.15) is 4.98 Å². The number of nitrogens with two attached hydrogens (primary N) is 1. The van der Waals surface area contributed by atoms with Gasteiger partial charge in [0.25, 0.3) is 0 Å². The lowest BCUT2D eigenvalue weighted by Gasteiger charge is -2.12. The van der Waals surface area contributed by atoms with E-state index < -0.39 is 0 Å². The predicted octanol–water partition coefficient (Wildman–Crippen LogP) is 1.90. The van der Waals surface area contributed by atoms with Gasteiger partial charge < -0.3 is 10.3 Å². The van der Waals surface area contributed by atoms with Crippen LogP contribution in [0.1, 0.15) is 42.5 Å². The zero-order chi connectivity index (χ0) is 13.1. The number of hydrogen-bond donors (Lipinski definition) is 1. The van der Waals surface area contributed by atoms with Gasteiger partial charge in [0.05, 0.1) is 0 Å². The lowest BCUT2D eigenvalue weighted by atomic mass is 9.96. The Morgan fingerprint density at radius 3 is 2.89 bits per heavy atom. The van der Waals surface area contributed by atoms with Crippen LogP contribution in [0.25, 0.3) is 0 Å². The molecule has 2 N–H and O–H groups in total. The zero-order valence-corrected chi connectivity index (χ0v) is 10.8. The van der Waals surface area contributed by atoms with E-state index in [9.17, 15) is 0 Å². The van der Waals surface area contributed by atoms with Gasteiger partial charge in [0.2, 0.25) is 5.89 Å². The third kappa shape index (κ3) is 2.66. The highest BCUT2D eigenvalue weighted by Gasteiger charge is 2.31. The predicted molar refractivity (Wildman–Crippen MR) is 70.5 cm³/mol. The monoisotopic (exact) mass is 258 g/mol. The van der Waals surface area contributed by atoms with Crippen LogP contribution < -0.4 is 5.73 Å². The number of nitrogens with zero attached hydrogens (tertiary/aromatic N) is 3. The first-order chi connectivity index (χ1) is 9.36. The van der Waals surface area contributed by atoms with E-state index in [1.807, 2.05) is 12.1 Å². The summed E-state index contributed by atoms with van der Waals surface area (Å²) in [5.41, 5.74) is 6.94. The Labute approximate surface area is 112 Å². The maximum Gasteiger partial charge on any atom is 0.230 e. The molecule has 1 aliphatic carbocycles. The maximum atomic E-state index is 5.80. The van der Waals surface area contributed by atoms with Gasteiger partial charge in [-0.3, -0.25) is 4.98 Å². The number of rotatable bonds is 4. The quantitative estimate of drug-likeness (QED) is 0.906. The molecule has 1 saturated carbocycles. The first kappa shape index (κ1) is 12.3. The highest BCUT2D eigenvalue weighted by molar-refractivity contribution is 5.15. The molecule has 0 bridgehead atoms. The van der Waals surface area contributed by atoms with Crippen molar-refractivity contribution < 1.29 is 4.52 Å². The molecule has 100 valence electrons. The van der Waals surface area contributed by atoms with Crippen LogP contribution in [0.2, 0.25) is 0 Å². The number of aromatic nitrogens is 3. The van der Waals surface area contributed by atoms with Crippen molar-refractivity contribution >= 4 is 0 Å². The van der Waals surface area contributed by atoms with Crippen molar-refractivity contribution in [2.24, 2.45) is 11.7 Å². The van der Waals surface area contributed by atoms with Crippen molar-refractivity contribution in [2.45, 2.75) is 31.6 Å². The van der Waals surface area contributed by atoms with Gasteiger partial charge in [0.1, 0.15) is 0 Å². The summed E-state index contributed by atoms with van der Waals surface area (Å²) in [6.07, 6.45) is 7.72. The minimum Gasteiger partial charge on any atom is -0.339 e. The average molecular weight is 258 g/mol. The summed E-state index contributed by atoms with van der Waals surface area (Å²) in [4.78, 5) is 8.53. The summed E-state index contributed by atoms with van der Waals surface area (Å²) in [6, 6.07) is 3.93. The van der Waals surface area contributed by atoms with Crippen molar-refractivity contribution in [1.29, 1.82) is 0 Å². The van der Waals surface area contributed by atoms with E-state index in [4.69, 9.17) is 10.3 Å². The molecule has 2 heterocycles. The Balaban J connectivity index is 1.73. The Morgan fingerprint density at radius 2 is 2.11 bits per heavy atom. The minimum absolute atomic E-state index is 0.351. The van der Waals surface area contributed by atoms with E-state index in [2.05, 4.69) is 15.1 Å². The first-order valence-electron chi connectivity index (χ1n) is 6.78. The fourth-order valence-electron chi connectivity index (χ4n) is 2.82. The molecule has 0 aliphatic heterocycles. The summed E-state index contributed by atoms with van der Waals surface area (Å²) in [5.74, 6) is 2.35. The molecular formula is C14H18N4O. The summed E-state index contributed by atoms with van der Waals surface area (Å²) >= 11 is 0. The second-order valence-corrected chi connectivity index (χ2v) is 5.11. The van der Waals surface area contributed by atoms with Gasteiger partial charge >= 0.3 is 0 Å². The molecule has 2 aromatic rings. The Morgan fingerprint density at radius 1 is 1.26 bits per heavy atom. The highest BCUT2D eigenvalue weighted by atomic mass is 16.5. The highest BCUT2D eigenvalue weighted by Crippen LogP contribution is 2.38. The molecule has 19 heavy (non-hydrogen) atoms. The van der Waals surface area contributed by atoms with Crippen LogP contribution in [0, 0.1) is 5.92 Å². The van der Waals surface area contributed by atoms with Crippen molar-refractivity contribution in [1.82, 2.24) is 15.1 Å². The maximum absolute atomic E-state index is 5.80. The second kappa shape index (κ2) is 5.48. The standard InChI is InChI=1S/C14H18N4O/c15-9-11-2-1-3-12(11)14-17-13(18-19-14)8-10-4-6-16-7-5-10/h4-7,11-12H,1-3,8-9,15H2. The first-order valence-corrected chi connectivity index (χ1v) is 6.78. The lowest BCUT2D eigenvalue weighted by Crippen LogP contribution is -2.17. The van der Waals surface area contributed by atoms with Gasteiger partial charge in [-0.05, 0) is 43.0 Å². The summed E-state index contributed by atoms with van der Waals surface area (Å²) in [6.45, 7) is 0.701. The van der Waals surface area contributed by atoms with Crippen LogP contribution in [0.4, 0.5) is 0 Å².